The van der Waals surface area contributed by atoms with Crippen LogP contribution in [-0.2, 0) is 0 Å². The van der Waals surface area contributed by atoms with Crippen LogP contribution in [0.3, 0.4) is 0 Å². The number of benzene rings is 1. The molecular weight excluding hydrogens is 236 g/mol. The maximum atomic E-state index is 10.2. The lowest BCUT2D eigenvalue weighted by Crippen LogP contribution is -2.43. The van der Waals surface area contributed by atoms with Crippen molar-refractivity contribution in [3.63, 3.8) is 0 Å². The predicted molar refractivity (Wildman–Crippen MR) is 78.5 cm³/mol. The van der Waals surface area contributed by atoms with Gasteiger partial charge >= 0.3 is 0 Å². The van der Waals surface area contributed by atoms with Gasteiger partial charge in [0, 0.05) is 0 Å². The SMILES string of the molecule is CC1CC(C)C(Oc2cccc(C(C)C)c2)C(O)C1. The number of ether oxygens (including phenoxy) is 1. The molecule has 0 heterocycles. The number of hydrogen-bond donors (Lipinski definition) is 1. The van der Waals surface area contributed by atoms with Crippen LogP contribution in [0.5, 0.6) is 5.75 Å². The zero-order valence-corrected chi connectivity index (χ0v) is 12.5. The van der Waals surface area contributed by atoms with Crippen LogP contribution in [-0.4, -0.2) is 17.3 Å². The van der Waals surface area contributed by atoms with E-state index in [1.54, 1.807) is 0 Å². The molecule has 0 bridgehead atoms. The Bertz CT molecular complexity index is 401. The molecule has 4 unspecified atom stereocenters. The molecule has 1 aromatic carbocycles. The van der Waals surface area contributed by atoms with E-state index in [0.717, 1.165) is 18.6 Å². The summed E-state index contributed by atoms with van der Waals surface area (Å²) < 4.78 is 6.07. The minimum Gasteiger partial charge on any atom is -0.487 e. The summed E-state index contributed by atoms with van der Waals surface area (Å²) in [6, 6.07) is 8.25. The van der Waals surface area contributed by atoms with Gasteiger partial charge in [0.1, 0.15) is 11.9 Å². The topological polar surface area (TPSA) is 29.5 Å². The number of aliphatic hydroxyl groups is 1. The van der Waals surface area contributed by atoms with Gasteiger partial charge < -0.3 is 9.84 Å². The molecule has 1 aliphatic carbocycles. The standard InChI is InChI=1S/C17H26O2/c1-11(2)14-6-5-7-15(10-14)19-17-13(4)8-12(3)9-16(17)18/h5-7,10-13,16-18H,8-9H2,1-4H3. The average molecular weight is 262 g/mol. The summed E-state index contributed by atoms with van der Waals surface area (Å²) in [6.45, 7) is 8.74. The summed E-state index contributed by atoms with van der Waals surface area (Å²) in [6.07, 6.45) is 1.56. The Hall–Kier alpha value is -1.02. The molecule has 2 nitrogen and oxygen atoms in total. The highest BCUT2D eigenvalue weighted by molar-refractivity contribution is 5.30. The smallest absolute Gasteiger partial charge is 0.127 e. The Morgan fingerprint density at radius 3 is 2.58 bits per heavy atom. The molecule has 0 amide bonds. The van der Waals surface area contributed by atoms with Crippen molar-refractivity contribution in [2.75, 3.05) is 0 Å². The molecule has 0 aromatic heterocycles. The summed E-state index contributed by atoms with van der Waals surface area (Å²) in [7, 11) is 0. The molecule has 1 fully saturated rings. The van der Waals surface area contributed by atoms with Gasteiger partial charge in [-0.25, -0.2) is 0 Å². The highest BCUT2D eigenvalue weighted by atomic mass is 16.5. The first kappa shape index (κ1) is 14.4. The minimum absolute atomic E-state index is 0.0707. The lowest BCUT2D eigenvalue weighted by atomic mass is 9.79. The summed E-state index contributed by atoms with van der Waals surface area (Å²) in [5.74, 6) is 2.38. The van der Waals surface area contributed by atoms with Gasteiger partial charge in [-0.2, -0.15) is 0 Å². The highest BCUT2D eigenvalue weighted by Crippen LogP contribution is 2.32. The van der Waals surface area contributed by atoms with Crippen LogP contribution in [0.2, 0.25) is 0 Å². The van der Waals surface area contributed by atoms with E-state index in [1.165, 1.54) is 5.56 Å². The summed E-state index contributed by atoms with van der Waals surface area (Å²) >= 11 is 0. The van der Waals surface area contributed by atoms with Crippen LogP contribution in [0.25, 0.3) is 0 Å². The third kappa shape index (κ3) is 3.50. The van der Waals surface area contributed by atoms with Crippen molar-refractivity contribution in [2.24, 2.45) is 11.8 Å². The fourth-order valence-electron chi connectivity index (χ4n) is 3.09. The molecular formula is C17H26O2. The second-order valence-electron chi connectivity index (χ2n) is 6.43. The zero-order valence-electron chi connectivity index (χ0n) is 12.5. The summed E-state index contributed by atoms with van der Waals surface area (Å²) in [4.78, 5) is 0. The first-order chi connectivity index (χ1) is 8.97. The van der Waals surface area contributed by atoms with Gasteiger partial charge in [0.2, 0.25) is 0 Å². The van der Waals surface area contributed by atoms with Gasteiger partial charge in [-0.1, -0.05) is 39.8 Å². The van der Waals surface area contributed by atoms with E-state index >= 15 is 0 Å². The molecule has 2 rings (SSSR count). The number of aliphatic hydroxyl groups excluding tert-OH is 1. The van der Waals surface area contributed by atoms with E-state index < -0.39 is 0 Å². The fourth-order valence-corrected chi connectivity index (χ4v) is 3.09. The van der Waals surface area contributed by atoms with E-state index in [4.69, 9.17) is 4.74 Å². The van der Waals surface area contributed by atoms with Crippen LogP contribution in [0.15, 0.2) is 24.3 Å². The van der Waals surface area contributed by atoms with Crippen molar-refractivity contribution in [1.29, 1.82) is 0 Å². The number of hydrogen-bond acceptors (Lipinski definition) is 2. The largest absolute Gasteiger partial charge is 0.487 e. The third-order valence-electron chi connectivity index (χ3n) is 4.16. The van der Waals surface area contributed by atoms with Gasteiger partial charge in [0.25, 0.3) is 0 Å². The quantitative estimate of drug-likeness (QED) is 0.892. The van der Waals surface area contributed by atoms with E-state index in [9.17, 15) is 5.11 Å². The monoisotopic (exact) mass is 262 g/mol. The predicted octanol–water partition coefficient (Wildman–Crippen LogP) is 3.98. The van der Waals surface area contributed by atoms with Crippen molar-refractivity contribution >= 4 is 0 Å². The van der Waals surface area contributed by atoms with Crippen LogP contribution in [0, 0.1) is 11.8 Å². The van der Waals surface area contributed by atoms with E-state index in [0.29, 0.717) is 17.8 Å². The van der Waals surface area contributed by atoms with Crippen molar-refractivity contribution in [3.8, 4) is 5.75 Å². The molecule has 19 heavy (non-hydrogen) atoms. The Morgan fingerprint density at radius 1 is 1.21 bits per heavy atom. The maximum absolute atomic E-state index is 10.2. The van der Waals surface area contributed by atoms with Crippen molar-refractivity contribution < 1.29 is 9.84 Å². The van der Waals surface area contributed by atoms with Crippen molar-refractivity contribution in [2.45, 2.75) is 58.7 Å². The van der Waals surface area contributed by atoms with Crippen LogP contribution in [0.1, 0.15) is 52.0 Å². The molecule has 1 aliphatic rings. The second-order valence-corrected chi connectivity index (χ2v) is 6.43. The van der Waals surface area contributed by atoms with Gasteiger partial charge in [0.05, 0.1) is 6.10 Å². The van der Waals surface area contributed by atoms with Gasteiger partial charge in [-0.3, -0.25) is 0 Å². The Morgan fingerprint density at radius 2 is 1.95 bits per heavy atom. The first-order valence-corrected chi connectivity index (χ1v) is 7.42. The molecule has 0 spiro atoms. The molecule has 1 aromatic rings. The van der Waals surface area contributed by atoms with E-state index in [1.807, 2.05) is 12.1 Å². The molecule has 4 atom stereocenters. The fraction of sp³-hybridized carbons (Fsp3) is 0.647. The average Bonchev–Trinajstić information content (AvgIpc) is 2.34. The summed E-state index contributed by atoms with van der Waals surface area (Å²) in [5, 5.41) is 10.2. The third-order valence-corrected chi connectivity index (χ3v) is 4.16. The second kappa shape index (κ2) is 5.96. The van der Waals surface area contributed by atoms with E-state index in [2.05, 4.69) is 39.8 Å². The van der Waals surface area contributed by atoms with Crippen LogP contribution < -0.4 is 4.74 Å². The van der Waals surface area contributed by atoms with Crippen molar-refractivity contribution in [3.05, 3.63) is 29.8 Å². The Labute approximate surface area is 116 Å². The van der Waals surface area contributed by atoms with Crippen LogP contribution >= 0.6 is 0 Å². The lowest BCUT2D eigenvalue weighted by Gasteiger charge is -2.36. The van der Waals surface area contributed by atoms with E-state index in [-0.39, 0.29) is 12.2 Å². The zero-order chi connectivity index (χ0) is 14.0. The molecule has 1 N–H and O–H groups in total. The highest BCUT2D eigenvalue weighted by Gasteiger charge is 2.34. The van der Waals surface area contributed by atoms with Gasteiger partial charge in [-0.05, 0) is 48.3 Å². The molecule has 0 aliphatic heterocycles. The Kier molecular flexibility index (Phi) is 4.51. The molecule has 2 heteroatoms. The maximum Gasteiger partial charge on any atom is 0.127 e. The summed E-state index contributed by atoms with van der Waals surface area (Å²) in [5.41, 5.74) is 1.28. The lowest BCUT2D eigenvalue weighted by molar-refractivity contribution is -0.0388. The molecule has 106 valence electrons. The Balaban J connectivity index is 2.09. The minimum atomic E-state index is -0.346. The molecule has 1 saturated carbocycles. The van der Waals surface area contributed by atoms with Gasteiger partial charge in [0.15, 0.2) is 0 Å². The molecule has 0 radical (unpaired) electrons. The molecule has 0 saturated heterocycles. The van der Waals surface area contributed by atoms with Gasteiger partial charge in [-0.15, -0.1) is 0 Å². The first-order valence-electron chi connectivity index (χ1n) is 7.42. The van der Waals surface area contributed by atoms with Crippen LogP contribution in [0.4, 0.5) is 0 Å². The normalized spacial score (nSPS) is 31.5. The van der Waals surface area contributed by atoms with Crippen molar-refractivity contribution in [1.82, 2.24) is 0 Å². The number of rotatable bonds is 3.